The lowest BCUT2D eigenvalue weighted by Gasteiger charge is -2.20. The van der Waals surface area contributed by atoms with Crippen LogP contribution in [0.3, 0.4) is 0 Å². The van der Waals surface area contributed by atoms with Crippen molar-refractivity contribution >= 4 is 46.7 Å². The Kier molecular flexibility index (Phi) is 6.03. The standard InChI is InChI=1S/C22H24N4O4S/c1-13-4-2-6-16(23)20(13)21(28)24-9-3-5-15-11-26(22(29)30-15)14-7-8-18-17(10-14)25-19(27)12-31-18/h2,4,6-8,10,15H,3,5,9,11-12,23H2,1H3,(H,24,28)(H,25,27). The predicted molar refractivity (Wildman–Crippen MR) is 121 cm³/mol. The van der Waals surface area contributed by atoms with Crippen LogP contribution in [0.15, 0.2) is 41.3 Å². The number of nitrogens with one attached hydrogen (secondary N) is 2. The van der Waals surface area contributed by atoms with Gasteiger partial charge < -0.3 is 21.1 Å². The van der Waals surface area contributed by atoms with E-state index in [9.17, 15) is 14.4 Å². The van der Waals surface area contributed by atoms with Crippen LogP contribution in [0.2, 0.25) is 0 Å². The summed E-state index contributed by atoms with van der Waals surface area (Å²) in [7, 11) is 0. The van der Waals surface area contributed by atoms with Gasteiger partial charge in [-0.2, -0.15) is 0 Å². The number of benzene rings is 2. The van der Waals surface area contributed by atoms with E-state index in [0.29, 0.717) is 54.3 Å². The Balaban J connectivity index is 1.29. The number of hydrogen-bond donors (Lipinski definition) is 3. The number of cyclic esters (lactones) is 1. The Morgan fingerprint density at radius 2 is 2.16 bits per heavy atom. The molecule has 4 rings (SSSR count). The number of fused-ring (bicyclic) bond motifs is 1. The molecule has 1 fully saturated rings. The summed E-state index contributed by atoms with van der Waals surface area (Å²) in [6.45, 7) is 2.74. The van der Waals surface area contributed by atoms with Crippen molar-refractivity contribution in [2.75, 3.05) is 34.8 Å². The molecule has 2 aliphatic heterocycles. The third kappa shape index (κ3) is 4.61. The topological polar surface area (TPSA) is 114 Å². The molecule has 0 bridgehead atoms. The monoisotopic (exact) mass is 440 g/mol. The van der Waals surface area contributed by atoms with Crippen molar-refractivity contribution < 1.29 is 19.1 Å². The van der Waals surface area contributed by atoms with E-state index in [1.165, 1.54) is 11.8 Å². The van der Waals surface area contributed by atoms with Gasteiger partial charge in [-0.15, -0.1) is 11.8 Å². The maximum atomic E-state index is 12.4. The summed E-state index contributed by atoms with van der Waals surface area (Å²) in [4.78, 5) is 38.9. The van der Waals surface area contributed by atoms with Crippen molar-refractivity contribution in [1.82, 2.24) is 5.32 Å². The summed E-state index contributed by atoms with van der Waals surface area (Å²) in [6, 6.07) is 10.9. The number of amides is 3. The minimum atomic E-state index is -0.406. The van der Waals surface area contributed by atoms with E-state index in [1.54, 1.807) is 17.0 Å². The van der Waals surface area contributed by atoms with Gasteiger partial charge in [-0.1, -0.05) is 12.1 Å². The third-order valence-corrected chi connectivity index (χ3v) is 6.38. The fourth-order valence-corrected chi connectivity index (χ4v) is 4.53. The maximum Gasteiger partial charge on any atom is 0.414 e. The smallest absolute Gasteiger partial charge is 0.414 e. The lowest BCUT2D eigenvalue weighted by Crippen LogP contribution is -2.27. The molecular weight excluding hydrogens is 416 g/mol. The van der Waals surface area contributed by atoms with E-state index in [4.69, 9.17) is 10.5 Å². The molecule has 2 heterocycles. The van der Waals surface area contributed by atoms with Crippen LogP contribution in [0.5, 0.6) is 0 Å². The van der Waals surface area contributed by atoms with Crippen LogP contribution in [-0.4, -0.2) is 42.9 Å². The number of aryl methyl sites for hydroxylation is 1. The number of anilines is 3. The fourth-order valence-electron chi connectivity index (χ4n) is 3.74. The Morgan fingerprint density at radius 1 is 1.32 bits per heavy atom. The Hall–Kier alpha value is -3.20. The number of carbonyl (C=O) groups is 3. The Morgan fingerprint density at radius 3 is 2.97 bits per heavy atom. The van der Waals surface area contributed by atoms with Crippen LogP contribution in [0, 0.1) is 6.92 Å². The molecule has 0 spiro atoms. The summed E-state index contributed by atoms with van der Waals surface area (Å²) < 4.78 is 5.49. The first kappa shape index (κ1) is 21.0. The van der Waals surface area contributed by atoms with Crippen LogP contribution >= 0.6 is 11.8 Å². The van der Waals surface area contributed by atoms with Crippen molar-refractivity contribution in [3.05, 3.63) is 47.5 Å². The van der Waals surface area contributed by atoms with Gasteiger partial charge in [0.2, 0.25) is 5.91 Å². The van der Waals surface area contributed by atoms with Crippen molar-refractivity contribution in [3.63, 3.8) is 0 Å². The number of carbonyl (C=O) groups excluding carboxylic acids is 3. The zero-order valence-corrected chi connectivity index (χ0v) is 18.0. The highest BCUT2D eigenvalue weighted by Crippen LogP contribution is 2.35. The summed E-state index contributed by atoms with van der Waals surface area (Å²) in [5.41, 5.74) is 9.11. The summed E-state index contributed by atoms with van der Waals surface area (Å²) >= 11 is 1.48. The van der Waals surface area contributed by atoms with Gasteiger partial charge in [0, 0.05) is 22.8 Å². The van der Waals surface area contributed by atoms with Gasteiger partial charge >= 0.3 is 6.09 Å². The molecule has 0 radical (unpaired) electrons. The molecule has 2 aromatic carbocycles. The average molecular weight is 441 g/mol. The van der Waals surface area contributed by atoms with Crippen LogP contribution in [0.4, 0.5) is 21.9 Å². The van der Waals surface area contributed by atoms with Gasteiger partial charge in [0.15, 0.2) is 0 Å². The van der Waals surface area contributed by atoms with Gasteiger partial charge in [-0.05, 0) is 49.6 Å². The molecule has 1 saturated heterocycles. The molecule has 8 nitrogen and oxygen atoms in total. The van der Waals surface area contributed by atoms with E-state index in [-0.39, 0.29) is 17.9 Å². The number of ether oxygens (including phenoxy) is 1. The van der Waals surface area contributed by atoms with Gasteiger partial charge in [0.05, 0.1) is 23.5 Å². The number of nitrogen functional groups attached to an aromatic ring is 1. The largest absolute Gasteiger partial charge is 0.444 e. The normalized spacial score (nSPS) is 17.7. The van der Waals surface area contributed by atoms with E-state index in [1.807, 2.05) is 31.2 Å². The summed E-state index contributed by atoms with van der Waals surface area (Å²) in [6.07, 6.45) is 0.633. The molecule has 4 N–H and O–H groups in total. The van der Waals surface area contributed by atoms with Crippen molar-refractivity contribution in [3.8, 4) is 0 Å². The molecule has 1 unspecified atom stereocenters. The minimum Gasteiger partial charge on any atom is -0.444 e. The summed E-state index contributed by atoms with van der Waals surface area (Å²) in [5.74, 6) is 0.147. The SMILES string of the molecule is Cc1cccc(N)c1C(=O)NCCCC1CN(c2ccc3c(c2)NC(=O)CS3)C(=O)O1. The summed E-state index contributed by atoms with van der Waals surface area (Å²) in [5, 5.41) is 5.72. The highest BCUT2D eigenvalue weighted by molar-refractivity contribution is 8.00. The molecule has 0 aliphatic carbocycles. The molecule has 0 saturated carbocycles. The average Bonchev–Trinajstić information content (AvgIpc) is 3.11. The maximum absolute atomic E-state index is 12.4. The van der Waals surface area contributed by atoms with Gasteiger partial charge in [-0.25, -0.2) is 4.79 Å². The first-order valence-corrected chi connectivity index (χ1v) is 11.1. The van der Waals surface area contributed by atoms with Crippen LogP contribution < -0.4 is 21.3 Å². The van der Waals surface area contributed by atoms with E-state index in [0.717, 1.165) is 10.5 Å². The zero-order valence-electron chi connectivity index (χ0n) is 17.1. The molecule has 9 heteroatoms. The highest BCUT2D eigenvalue weighted by Gasteiger charge is 2.32. The second-order valence-electron chi connectivity index (χ2n) is 7.57. The van der Waals surface area contributed by atoms with Gasteiger partial charge in [-0.3, -0.25) is 14.5 Å². The first-order chi connectivity index (χ1) is 14.9. The number of rotatable bonds is 6. The fraction of sp³-hybridized carbons (Fsp3) is 0.318. The first-order valence-electron chi connectivity index (χ1n) is 10.1. The van der Waals surface area contributed by atoms with E-state index in [2.05, 4.69) is 10.6 Å². The number of hydrogen-bond acceptors (Lipinski definition) is 6. The zero-order chi connectivity index (χ0) is 22.0. The minimum absolute atomic E-state index is 0.0500. The molecular formula is C22H24N4O4S. The van der Waals surface area contributed by atoms with E-state index >= 15 is 0 Å². The molecule has 1 atom stereocenters. The number of nitrogens with zero attached hydrogens (tertiary/aromatic N) is 1. The van der Waals surface area contributed by atoms with Gasteiger partial charge in [0.25, 0.3) is 5.91 Å². The number of nitrogens with two attached hydrogens (primary N) is 1. The molecule has 162 valence electrons. The Labute approximate surface area is 184 Å². The lowest BCUT2D eigenvalue weighted by atomic mass is 10.1. The second-order valence-corrected chi connectivity index (χ2v) is 8.59. The van der Waals surface area contributed by atoms with Crippen molar-refractivity contribution in [2.24, 2.45) is 0 Å². The van der Waals surface area contributed by atoms with Gasteiger partial charge in [0.1, 0.15) is 6.10 Å². The number of thioether (sulfide) groups is 1. The highest BCUT2D eigenvalue weighted by atomic mass is 32.2. The van der Waals surface area contributed by atoms with Crippen LogP contribution in [0.1, 0.15) is 28.8 Å². The quantitative estimate of drug-likeness (QED) is 0.470. The lowest BCUT2D eigenvalue weighted by molar-refractivity contribution is -0.113. The second kappa shape index (κ2) is 8.89. The molecule has 3 amide bonds. The Bertz CT molecular complexity index is 1020. The predicted octanol–water partition coefficient (Wildman–Crippen LogP) is 3.16. The van der Waals surface area contributed by atoms with Crippen LogP contribution in [-0.2, 0) is 9.53 Å². The van der Waals surface area contributed by atoms with Crippen molar-refractivity contribution in [1.29, 1.82) is 0 Å². The molecule has 2 aromatic rings. The molecule has 31 heavy (non-hydrogen) atoms. The van der Waals surface area contributed by atoms with E-state index < -0.39 is 6.09 Å². The molecule has 0 aromatic heterocycles. The van der Waals surface area contributed by atoms with Crippen LogP contribution in [0.25, 0.3) is 0 Å². The molecule has 2 aliphatic rings. The third-order valence-electron chi connectivity index (χ3n) is 5.30. The van der Waals surface area contributed by atoms with Crippen molar-refractivity contribution in [2.45, 2.75) is 30.8 Å².